The molecular formula is C33H52O9. The lowest BCUT2D eigenvalue weighted by Gasteiger charge is -2.66. The summed E-state index contributed by atoms with van der Waals surface area (Å²) < 4.78 is 11.4. The highest BCUT2D eigenvalue weighted by Crippen LogP contribution is 2.74. The fourth-order valence-corrected chi connectivity index (χ4v) is 10.1. The van der Waals surface area contributed by atoms with Crippen molar-refractivity contribution in [3.8, 4) is 0 Å². The molecule has 9 nitrogen and oxygen atoms in total. The van der Waals surface area contributed by atoms with Gasteiger partial charge in [0.15, 0.2) is 5.78 Å². The Balaban J connectivity index is 1.77. The molecule has 2 unspecified atom stereocenters. The minimum atomic E-state index is -1.95. The van der Waals surface area contributed by atoms with E-state index in [1.165, 1.54) is 13.8 Å². The molecule has 4 aliphatic carbocycles. The average molecular weight is 593 g/mol. The summed E-state index contributed by atoms with van der Waals surface area (Å²) in [6, 6.07) is 0. The zero-order chi connectivity index (χ0) is 32.0. The van der Waals surface area contributed by atoms with Crippen LogP contribution in [0.15, 0.2) is 11.6 Å². The lowest BCUT2D eigenvalue weighted by molar-refractivity contribution is -0.202. The minimum Gasteiger partial charge on any atom is -0.460 e. The number of aliphatic hydroxyl groups excluding tert-OH is 3. The van der Waals surface area contributed by atoms with E-state index in [-0.39, 0.29) is 43.8 Å². The van der Waals surface area contributed by atoms with E-state index in [1.54, 1.807) is 21.0 Å². The van der Waals surface area contributed by atoms with Gasteiger partial charge in [-0.15, -0.1) is 0 Å². The number of fused-ring (bicyclic) bond motifs is 5. The standard InChI is InChI=1S/C33H52O9/c1-17(34)42-28(2,3)12-11-23(37)33(9,40)25-21(36)15-30(6)26-22(41-10)14-18-19(13-20(35)27(39)29(18,4)5)32(26,8)24(38)16-31(25,30)7/h14,19-22,25-27,35-36,39-40H,11-13,15-16H2,1-10H3/t19?,20-,21+,22-,25?,26-,27+,30-,31+,32+,33-/m0/s1. The van der Waals surface area contributed by atoms with Gasteiger partial charge in [-0.05, 0) is 56.8 Å². The van der Waals surface area contributed by atoms with Crippen LogP contribution in [0.2, 0.25) is 0 Å². The van der Waals surface area contributed by atoms with Crippen LogP contribution < -0.4 is 0 Å². The quantitative estimate of drug-likeness (QED) is 0.258. The molecule has 42 heavy (non-hydrogen) atoms. The first-order valence-corrected chi connectivity index (χ1v) is 15.3. The van der Waals surface area contributed by atoms with Gasteiger partial charge in [-0.2, -0.15) is 0 Å². The van der Waals surface area contributed by atoms with Crippen LogP contribution in [0.3, 0.4) is 0 Å². The second-order valence-electron chi connectivity index (χ2n) is 15.7. The summed E-state index contributed by atoms with van der Waals surface area (Å²) in [5.74, 6) is -2.66. The number of hydrogen-bond donors (Lipinski definition) is 4. The van der Waals surface area contributed by atoms with Crippen LogP contribution in [0.1, 0.15) is 94.4 Å². The number of ketones is 2. The van der Waals surface area contributed by atoms with Gasteiger partial charge in [-0.25, -0.2) is 0 Å². The van der Waals surface area contributed by atoms with Crippen LogP contribution in [-0.4, -0.2) is 80.7 Å². The van der Waals surface area contributed by atoms with E-state index in [4.69, 9.17) is 9.47 Å². The fourth-order valence-electron chi connectivity index (χ4n) is 10.1. The zero-order valence-corrected chi connectivity index (χ0v) is 27.0. The molecule has 4 N–H and O–H groups in total. The molecule has 238 valence electrons. The normalized spacial score (nSPS) is 44.3. The molecule has 9 heteroatoms. The number of methoxy groups -OCH3 is 1. The SMILES string of the molecule is CO[C@H]1C=C2C(C[C@H](O)[C@@H](O)C2(C)C)[C@]2(C)C(=O)C[C@]3(C)C([C@@](C)(O)C(=O)CCC(C)(C)OC(C)=O)[C@H](O)C[C@@]3(C)[C@H]12. The number of aliphatic hydroxyl groups is 4. The van der Waals surface area contributed by atoms with Crippen molar-refractivity contribution in [1.29, 1.82) is 0 Å². The summed E-state index contributed by atoms with van der Waals surface area (Å²) in [6.07, 6.45) is -0.887. The van der Waals surface area contributed by atoms with Crippen LogP contribution in [0.25, 0.3) is 0 Å². The van der Waals surface area contributed by atoms with Crippen molar-refractivity contribution in [2.75, 3.05) is 7.11 Å². The monoisotopic (exact) mass is 592 g/mol. The first kappa shape index (κ1) is 33.2. The Labute approximate surface area is 250 Å². The number of esters is 1. The van der Waals surface area contributed by atoms with E-state index in [2.05, 4.69) is 0 Å². The Bertz CT molecular complexity index is 1170. The number of rotatable bonds is 7. The van der Waals surface area contributed by atoms with Crippen molar-refractivity contribution in [2.24, 2.45) is 39.4 Å². The Hall–Kier alpha value is -1.65. The van der Waals surface area contributed by atoms with Gasteiger partial charge < -0.3 is 29.9 Å². The van der Waals surface area contributed by atoms with Crippen LogP contribution in [0, 0.1) is 39.4 Å². The Morgan fingerprint density at radius 1 is 1.02 bits per heavy atom. The lowest BCUT2D eigenvalue weighted by Crippen LogP contribution is -2.68. The van der Waals surface area contributed by atoms with Crippen molar-refractivity contribution in [1.82, 2.24) is 0 Å². The van der Waals surface area contributed by atoms with Gasteiger partial charge in [0.05, 0.1) is 24.4 Å². The van der Waals surface area contributed by atoms with Crippen molar-refractivity contribution >= 4 is 17.5 Å². The van der Waals surface area contributed by atoms with Crippen molar-refractivity contribution in [2.45, 2.75) is 130 Å². The first-order valence-electron chi connectivity index (χ1n) is 15.3. The highest BCUT2D eigenvalue weighted by Gasteiger charge is 2.76. The van der Waals surface area contributed by atoms with E-state index >= 15 is 0 Å². The third-order valence-electron chi connectivity index (χ3n) is 12.4. The third-order valence-corrected chi connectivity index (χ3v) is 12.4. The Morgan fingerprint density at radius 2 is 1.62 bits per heavy atom. The smallest absolute Gasteiger partial charge is 0.303 e. The summed E-state index contributed by atoms with van der Waals surface area (Å²) in [5.41, 5.74) is -5.37. The highest BCUT2D eigenvalue weighted by molar-refractivity contribution is 5.90. The first-order chi connectivity index (χ1) is 19.0. The number of ether oxygens (including phenoxy) is 2. The van der Waals surface area contributed by atoms with E-state index in [1.807, 2.05) is 40.7 Å². The average Bonchev–Trinajstić information content (AvgIpc) is 3.05. The van der Waals surface area contributed by atoms with Gasteiger partial charge in [0.2, 0.25) is 0 Å². The summed E-state index contributed by atoms with van der Waals surface area (Å²) >= 11 is 0. The molecule has 0 spiro atoms. The van der Waals surface area contributed by atoms with Gasteiger partial charge in [-0.1, -0.05) is 46.3 Å². The van der Waals surface area contributed by atoms with Gasteiger partial charge in [0, 0.05) is 49.5 Å². The molecule has 4 aliphatic rings. The van der Waals surface area contributed by atoms with Crippen molar-refractivity contribution < 1.29 is 44.3 Å². The predicted molar refractivity (Wildman–Crippen MR) is 155 cm³/mol. The molecule has 0 amide bonds. The van der Waals surface area contributed by atoms with E-state index in [0.717, 1.165) is 5.57 Å². The van der Waals surface area contributed by atoms with Gasteiger partial charge in [0.1, 0.15) is 17.0 Å². The van der Waals surface area contributed by atoms with E-state index < -0.39 is 80.9 Å². The number of hydrogen-bond acceptors (Lipinski definition) is 9. The molecule has 0 aromatic rings. The molecule has 0 heterocycles. The fraction of sp³-hybridized carbons (Fsp3) is 0.848. The zero-order valence-electron chi connectivity index (χ0n) is 27.0. The summed E-state index contributed by atoms with van der Waals surface area (Å²) in [4.78, 5) is 39.7. The Morgan fingerprint density at radius 3 is 2.17 bits per heavy atom. The maximum atomic E-state index is 14.5. The third kappa shape index (κ3) is 4.56. The van der Waals surface area contributed by atoms with Crippen molar-refractivity contribution in [3.05, 3.63) is 11.6 Å². The summed E-state index contributed by atoms with van der Waals surface area (Å²) in [6.45, 7) is 15.8. The van der Waals surface area contributed by atoms with Crippen LogP contribution in [0.5, 0.6) is 0 Å². The maximum Gasteiger partial charge on any atom is 0.303 e. The van der Waals surface area contributed by atoms with E-state index in [9.17, 15) is 34.8 Å². The molecule has 11 atom stereocenters. The molecule has 0 radical (unpaired) electrons. The molecule has 3 fully saturated rings. The largest absolute Gasteiger partial charge is 0.460 e. The maximum absolute atomic E-state index is 14.5. The van der Waals surface area contributed by atoms with Crippen LogP contribution in [-0.2, 0) is 23.9 Å². The van der Waals surface area contributed by atoms with Crippen LogP contribution >= 0.6 is 0 Å². The van der Waals surface area contributed by atoms with Gasteiger partial charge >= 0.3 is 5.97 Å². The predicted octanol–water partition coefficient (Wildman–Crippen LogP) is 3.14. The number of Topliss-reactive ketones (excluding diaryl/α,β-unsaturated/α-hetero) is 2. The Kier molecular flexibility index (Phi) is 8.07. The second kappa shape index (κ2) is 10.2. The summed E-state index contributed by atoms with van der Waals surface area (Å²) in [7, 11) is 1.59. The molecule has 0 aromatic carbocycles. The number of carbonyl (C=O) groups is 3. The molecule has 3 saturated carbocycles. The molecule has 0 bridgehead atoms. The molecule has 0 aliphatic heterocycles. The number of carbonyl (C=O) groups excluding carboxylic acids is 3. The molecule has 0 saturated heterocycles. The summed E-state index contributed by atoms with van der Waals surface area (Å²) in [5, 5.41) is 45.4. The molecular weight excluding hydrogens is 540 g/mol. The van der Waals surface area contributed by atoms with Gasteiger partial charge in [-0.3, -0.25) is 14.4 Å². The van der Waals surface area contributed by atoms with E-state index in [0.29, 0.717) is 0 Å². The lowest BCUT2D eigenvalue weighted by atomic mass is 9.37. The van der Waals surface area contributed by atoms with Gasteiger partial charge in [0.25, 0.3) is 0 Å². The van der Waals surface area contributed by atoms with Crippen molar-refractivity contribution in [3.63, 3.8) is 0 Å². The molecule has 4 rings (SSSR count). The minimum absolute atomic E-state index is 0.0416. The molecule has 0 aromatic heterocycles. The topological polar surface area (TPSA) is 151 Å². The van der Waals surface area contributed by atoms with Crippen LogP contribution in [0.4, 0.5) is 0 Å². The highest BCUT2D eigenvalue weighted by atomic mass is 16.6. The second-order valence-corrected chi connectivity index (χ2v) is 15.7.